The van der Waals surface area contributed by atoms with E-state index in [9.17, 15) is 9.59 Å². The first kappa shape index (κ1) is 16.9. The van der Waals surface area contributed by atoms with Gasteiger partial charge in [0.1, 0.15) is 5.01 Å². The first-order chi connectivity index (χ1) is 11.7. The Morgan fingerprint density at radius 3 is 2.96 bits per heavy atom. The molecule has 128 valence electrons. The molecule has 2 aromatic rings. The number of carbonyl (C=O) groups is 2. The minimum Gasteiger partial charge on any atom is -0.356 e. The Balaban J connectivity index is 1.64. The van der Waals surface area contributed by atoms with E-state index in [1.165, 1.54) is 0 Å². The van der Waals surface area contributed by atoms with E-state index in [0.717, 1.165) is 41.0 Å². The second kappa shape index (κ2) is 7.75. The molecule has 6 heteroatoms. The number of para-hydroxylation sites is 1. The first-order valence-corrected chi connectivity index (χ1v) is 9.42. The summed E-state index contributed by atoms with van der Waals surface area (Å²) < 4.78 is 1.16. The van der Waals surface area contributed by atoms with Gasteiger partial charge in [-0.1, -0.05) is 19.1 Å². The molecule has 3 rings (SSSR count). The number of carbonyl (C=O) groups excluding carboxylic acids is 2. The summed E-state index contributed by atoms with van der Waals surface area (Å²) in [5.74, 6) is 0.0179. The predicted octanol–water partition coefficient (Wildman–Crippen LogP) is 3.27. The van der Waals surface area contributed by atoms with E-state index in [1.807, 2.05) is 30.0 Å². The average Bonchev–Trinajstić information content (AvgIpc) is 3.23. The van der Waals surface area contributed by atoms with Gasteiger partial charge in [0.25, 0.3) is 0 Å². The number of hydrogen-bond acceptors (Lipinski definition) is 4. The highest BCUT2D eigenvalue weighted by Crippen LogP contribution is 2.36. The summed E-state index contributed by atoms with van der Waals surface area (Å²) in [6, 6.07) is 8.13. The molecule has 0 spiro atoms. The molecule has 1 fully saturated rings. The van der Waals surface area contributed by atoms with Gasteiger partial charge >= 0.3 is 0 Å². The van der Waals surface area contributed by atoms with Crippen molar-refractivity contribution < 1.29 is 9.59 Å². The van der Waals surface area contributed by atoms with Gasteiger partial charge in [-0.3, -0.25) is 9.59 Å². The van der Waals surface area contributed by atoms with Crippen molar-refractivity contribution in [3.8, 4) is 0 Å². The molecular weight excluding hydrogens is 322 g/mol. The fraction of sp³-hybridized carbons (Fsp3) is 0.500. The maximum Gasteiger partial charge on any atom is 0.223 e. The van der Waals surface area contributed by atoms with E-state index < -0.39 is 0 Å². The summed E-state index contributed by atoms with van der Waals surface area (Å²) in [4.78, 5) is 30.9. The summed E-state index contributed by atoms with van der Waals surface area (Å²) >= 11 is 1.67. The molecule has 0 saturated carbocycles. The van der Waals surface area contributed by atoms with Gasteiger partial charge in [-0.05, 0) is 31.4 Å². The van der Waals surface area contributed by atoms with Gasteiger partial charge in [-0.2, -0.15) is 0 Å². The van der Waals surface area contributed by atoms with Crippen molar-refractivity contribution in [2.45, 2.75) is 45.1 Å². The van der Waals surface area contributed by atoms with Gasteiger partial charge in [-0.15, -0.1) is 11.3 Å². The van der Waals surface area contributed by atoms with Crippen LogP contribution in [0.5, 0.6) is 0 Å². The molecule has 2 heterocycles. The lowest BCUT2D eigenvalue weighted by Crippen LogP contribution is -2.32. The van der Waals surface area contributed by atoms with Crippen LogP contribution in [0.4, 0.5) is 0 Å². The smallest absolute Gasteiger partial charge is 0.223 e. The Kier molecular flexibility index (Phi) is 5.45. The van der Waals surface area contributed by atoms with Crippen molar-refractivity contribution in [1.82, 2.24) is 15.2 Å². The standard InChI is InChI=1S/C18H23N3O2S/c1-2-11-19-16(22)9-10-17(23)21-12-5-7-14(21)18-20-13-6-3-4-8-15(13)24-18/h3-4,6,8,14H,2,5,7,9-12H2,1H3,(H,19,22). The zero-order valence-corrected chi connectivity index (χ0v) is 14.8. The number of nitrogens with one attached hydrogen (secondary N) is 1. The molecule has 0 aliphatic carbocycles. The molecule has 1 aliphatic heterocycles. The van der Waals surface area contributed by atoms with E-state index >= 15 is 0 Å². The molecule has 5 nitrogen and oxygen atoms in total. The molecule has 1 aromatic carbocycles. The molecule has 1 N–H and O–H groups in total. The number of amides is 2. The lowest BCUT2D eigenvalue weighted by molar-refractivity contribution is -0.134. The maximum atomic E-state index is 12.5. The van der Waals surface area contributed by atoms with Crippen LogP contribution in [0.3, 0.4) is 0 Å². The van der Waals surface area contributed by atoms with Crippen LogP contribution in [-0.4, -0.2) is 34.8 Å². The molecule has 1 saturated heterocycles. The lowest BCUT2D eigenvalue weighted by Gasteiger charge is -2.23. The maximum absolute atomic E-state index is 12.5. The summed E-state index contributed by atoms with van der Waals surface area (Å²) in [6.45, 7) is 3.44. The predicted molar refractivity (Wildman–Crippen MR) is 95.8 cm³/mol. The molecule has 1 aromatic heterocycles. The Hall–Kier alpha value is -1.95. The second-order valence-electron chi connectivity index (χ2n) is 6.11. The molecule has 1 aliphatic rings. The summed E-state index contributed by atoms with van der Waals surface area (Å²) in [5.41, 5.74) is 0.996. The van der Waals surface area contributed by atoms with Gasteiger partial charge in [-0.25, -0.2) is 4.98 Å². The molecule has 0 radical (unpaired) electrons. The number of aromatic nitrogens is 1. The SMILES string of the molecule is CCCNC(=O)CCC(=O)N1CCCC1c1nc2ccccc2s1. The van der Waals surface area contributed by atoms with Crippen LogP contribution in [0, 0.1) is 0 Å². The quantitative estimate of drug-likeness (QED) is 0.874. The van der Waals surface area contributed by atoms with Crippen LogP contribution in [0.2, 0.25) is 0 Å². The van der Waals surface area contributed by atoms with Gasteiger partial charge in [0.2, 0.25) is 11.8 Å². The van der Waals surface area contributed by atoms with Crippen LogP contribution in [0.25, 0.3) is 10.2 Å². The number of fused-ring (bicyclic) bond motifs is 1. The van der Waals surface area contributed by atoms with Crippen molar-refractivity contribution >= 4 is 33.4 Å². The minimum absolute atomic E-state index is 0.0408. The van der Waals surface area contributed by atoms with Crippen molar-refractivity contribution in [3.05, 3.63) is 29.3 Å². The van der Waals surface area contributed by atoms with Gasteiger partial charge in [0.05, 0.1) is 16.3 Å². The van der Waals surface area contributed by atoms with E-state index in [1.54, 1.807) is 11.3 Å². The molecule has 1 atom stereocenters. The van der Waals surface area contributed by atoms with E-state index in [-0.39, 0.29) is 30.7 Å². The van der Waals surface area contributed by atoms with Crippen molar-refractivity contribution in [1.29, 1.82) is 0 Å². The molecule has 24 heavy (non-hydrogen) atoms. The zero-order valence-electron chi connectivity index (χ0n) is 14.0. The van der Waals surface area contributed by atoms with Gasteiger partial charge in [0.15, 0.2) is 0 Å². The Bertz CT molecular complexity index is 695. The zero-order chi connectivity index (χ0) is 16.9. The fourth-order valence-corrected chi connectivity index (χ4v) is 4.19. The summed E-state index contributed by atoms with van der Waals surface area (Å²) in [5, 5.41) is 3.83. The fourth-order valence-electron chi connectivity index (χ4n) is 3.07. The highest BCUT2D eigenvalue weighted by Gasteiger charge is 2.32. The average molecular weight is 345 g/mol. The van der Waals surface area contributed by atoms with Crippen LogP contribution in [0.15, 0.2) is 24.3 Å². The van der Waals surface area contributed by atoms with E-state index in [4.69, 9.17) is 4.98 Å². The second-order valence-corrected chi connectivity index (χ2v) is 7.18. The molecule has 0 bridgehead atoms. The van der Waals surface area contributed by atoms with Crippen LogP contribution in [-0.2, 0) is 9.59 Å². The lowest BCUT2D eigenvalue weighted by atomic mass is 10.2. The third-order valence-electron chi connectivity index (χ3n) is 4.31. The molecular formula is C18H23N3O2S. The van der Waals surface area contributed by atoms with Crippen molar-refractivity contribution in [3.63, 3.8) is 0 Å². The summed E-state index contributed by atoms with van der Waals surface area (Å²) in [6.07, 6.45) is 3.40. The third-order valence-corrected chi connectivity index (χ3v) is 5.44. The summed E-state index contributed by atoms with van der Waals surface area (Å²) in [7, 11) is 0. The van der Waals surface area contributed by atoms with Crippen molar-refractivity contribution in [2.24, 2.45) is 0 Å². The Labute approximate surface area is 146 Å². The number of nitrogens with zero attached hydrogens (tertiary/aromatic N) is 2. The normalized spacial score (nSPS) is 17.4. The number of rotatable bonds is 6. The number of thiazole rings is 1. The Morgan fingerprint density at radius 1 is 1.33 bits per heavy atom. The van der Waals surface area contributed by atoms with Crippen molar-refractivity contribution in [2.75, 3.05) is 13.1 Å². The largest absolute Gasteiger partial charge is 0.356 e. The number of benzene rings is 1. The minimum atomic E-state index is -0.0408. The van der Waals surface area contributed by atoms with Crippen LogP contribution < -0.4 is 5.32 Å². The van der Waals surface area contributed by atoms with Crippen LogP contribution in [0.1, 0.15) is 50.1 Å². The number of hydrogen-bond donors (Lipinski definition) is 1. The molecule has 1 unspecified atom stereocenters. The number of likely N-dealkylation sites (tertiary alicyclic amines) is 1. The first-order valence-electron chi connectivity index (χ1n) is 8.60. The Morgan fingerprint density at radius 2 is 2.17 bits per heavy atom. The van der Waals surface area contributed by atoms with Crippen LogP contribution >= 0.6 is 11.3 Å². The van der Waals surface area contributed by atoms with E-state index in [0.29, 0.717) is 6.54 Å². The highest BCUT2D eigenvalue weighted by atomic mass is 32.1. The topological polar surface area (TPSA) is 62.3 Å². The highest BCUT2D eigenvalue weighted by molar-refractivity contribution is 7.18. The third kappa shape index (κ3) is 3.75. The monoisotopic (exact) mass is 345 g/mol. The van der Waals surface area contributed by atoms with Gasteiger partial charge < -0.3 is 10.2 Å². The molecule has 2 amide bonds. The van der Waals surface area contributed by atoms with E-state index in [2.05, 4.69) is 11.4 Å². The van der Waals surface area contributed by atoms with Gasteiger partial charge in [0, 0.05) is 25.9 Å².